The highest BCUT2D eigenvalue weighted by atomic mass is 32.2. The molecule has 1 aromatic carbocycles. The molecule has 0 saturated heterocycles. The first-order valence-corrected chi connectivity index (χ1v) is 10.8. The summed E-state index contributed by atoms with van der Waals surface area (Å²) < 4.78 is 29.9. The van der Waals surface area contributed by atoms with E-state index in [1.54, 1.807) is 11.3 Å². The van der Waals surface area contributed by atoms with Gasteiger partial charge in [0.25, 0.3) is 0 Å². The number of aromatic nitrogens is 3. The molecule has 31 heavy (non-hydrogen) atoms. The van der Waals surface area contributed by atoms with Gasteiger partial charge in [0, 0.05) is 17.0 Å². The minimum absolute atomic E-state index is 0.00164. The van der Waals surface area contributed by atoms with Crippen molar-refractivity contribution >= 4 is 35.0 Å². The molecule has 3 rings (SSSR count). The maximum absolute atomic E-state index is 12.2. The maximum atomic E-state index is 12.2. The van der Waals surface area contributed by atoms with Gasteiger partial charge in [-0.15, -0.1) is 21.5 Å². The number of hydrogen-bond acceptors (Lipinski definition) is 8. The van der Waals surface area contributed by atoms with E-state index < -0.39 is 18.5 Å². The zero-order chi connectivity index (χ0) is 22.2. The minimum Gasteiger partial charge on any atom is -0.435 e. The molecule has 2 heterocycles. The number of nitrogens with zero attached hydrogens (tertiary/aromatic N) is 3. The van der Waals surface area contributed by atoms with Gasteiger partial charge in [-0.2, -0.15) is 8.78 Å². The highest BCUT2D eigenvalue weighted by molar-refractivity contribution is 7.99. The van der Waals surface area contributed by atoms with Crippen molar-refractivity contribution in [3.8, 4) is 17.1 Å². The molecule has 13 heteroatoms. The van der Waals surface area contributed by atoms with E-state index in [-0.39, 0.29) is 22.5 Å². The van der Waals surface area contributed by atoms with Crippen LogP contribution < -0.4 is 21.2 Å². The molecule has 3 aromatic rings. The summed E-state index contributed by atoms with van der Waals surface area (Å²) in [7, 11) is 0. The van der Waals surface area contributed by atoms with Crippen molar-refractivity contribution in [3.05, 3.63) is 46.7 Å². The Morgan fingerprint density at radius 3 is 2.68 bits per heavy atom. The van der Waals surface area contributed by atoms with Crippen LogP contribution in [0, 0.1) is 0 Å². The highest BCUT2D eigenvalue weighted by Gasteiger charge is 2.15. The lowest BCUT2D eigenvalue weighted by molar-refractivity contribution is -0.117. The van der Waals surface area contributed by atoms with Crippen molar-refractivity contribution in [2.24, 2.45) is 0 Å². The number of nitrogen functional groups attached to an aromatic ring is 1. The molecule has 2 aromatic heterocycles. The second-order valence-corrected chi connectivity index (χ2v) is 7.98. The third kappa shape index (κ3) is 6.65. The molecule has 9 nitrogen and oxygen atoms in total. The molecule has 0 fully saturated rings. The van der Waals surface area contributed by atoms with Gasteiger partial charge in [0.15, 0.2) is 5.82 Å². The number of nitrogens with two attached hydrogens (primary N) is 1. The Balaban J connectivity index is 1.46. The van der Waals surface area contributed by atoms with Gasteiger partial charge < -0.3 is 15.9 Å². The van der Waals surface area contributed by atoms with E-state index >= 15 is 0 Å². The number of thiophene rings is 1. The lowest BCUT2D eigenvalue weighted by Crippen LogP contribution is -2.41. The standard InChI is InChI=1S/C18H18F2N6O3S2/c19-16(20)29-12-5-3-11(4-6-12)15-24-25-18(26(15)21)31-10-14(27)23-17(28)22-8-7-13-2-1-9-30-13/h1-6,9,16H,7-8,10,21H2,(H2,22,23,27,28). The molecule has 0 aliphatic rings. The fraction of sp³-hybridized carbons (Fsp3) is 0.222. The lowest BCUT2D eigenvalue weighted by atomic mass is 10.2. The Bertz CT molecular complexity index is 1010. The lowest BCUT2D eigenvalue weighted by Gasteiger charge is -2.07. The largest absolute Gasteiger partial charge is 0.435 e. The van der Waals surface area contributed by atoms with Crippen molar-refractivity contribution in [3.63, 3.8) is 0 Å². The average molecular weight is 469 g/mol. The summed E-state index contributed by atoms with van der Waals surface area (Å²) in [4.78, 5) is 24.9. The van der Waals surface area contributed by atoms with Gasteiger partial charge in [0.1, 0.15) is 5.75 Å². The first kappa shape index (κ1) is 22.5. The van der Waals surface area contributed by atoms with Crippen molar-refractivity contribution < 1.29 is 23.1 Å². The maximum Gasteiger partial charge on any atom is 0.387 e. The number of thioether (sulfide) groups is 1. The highest BCUT2D eigenvalue weighted by Crippen LogP contribution is 2.24. The number of urea groups is 1. The second kappa shape index (κ2) is 10.7. The van der Waals surface area contributed by atoms with Crippen LogP contribution in [0.1, 0.15) is 4.88 Å². The van der Waals surface area contributed by atoms with E-state index in [1.807, 2.05) is 17.5 Å². The Labute approximate surface area is 184 Å². The number of nitrogens with one attached hydrogen (secondary N) is 2. The molecular formula is C18H18F2N6O3S2. The molecule has 0 bridgehead atoms. The normalized spacial score (nSPS) is 10.8. The summed E-state index contributed by atoms with van der Waals surface area (Å²) in [6.45, 7) is -2.50. The van der Waals surface area contributed by atoms with Gasteiger partial charge in [0.05, 0.1) is 5.75 Å². The van der Waals surface area contributed by atoms with Gasteiger partial charge in [0.2, 0.25) is 11.1 Å². The number of alkyl halides is 2. The molecule has 0 unspecified atom stereocenters. The van der Waals surface area contributed by atoms with Gasteiger partial charge in [-0.1, -0.05) is 17.8 Å². The number of hydrogen-bond donors (Lipinski definition) is 3. The topological polar surface area (TPSA) is 124 Å². The molecule has 0 aliphatic carbocycles. The van der Waals surface area contributed by atoms with Crippen LogP contribution in [-0.4, -0.2) is 45.7 Å². The molecule has 4 N–H and O–H groups in total. The number of imide groups is 1. The molecule has 0 aliphatic heterocycles. The Morgan fingerprint density at radius 2 is 2.00 bits per heavy atom. The zero-order valence-electron chi connectivity index (χ0n) is 16.0. The Kier molecular flexibility index (Phi) is 7.78. The van der Waals surface area contributed by atoms with E-state index in [0.717, 1.165) is 16.6 Å². The van der Waals surface area contributed by atoms with E-state index in [0.29, 0.717) is 18.5 Å². The number of amides is 3. The van der Waals surface area contributed by atoms with E-state index in [1.165, 1.54) is 28.9 Å². The minimum atomic E-state index is -2.92. The van der Waals surface area contributed by atoms with Crippen LogP contribution in [0.25, 0.3) is 11.4 Å². The van der Waals surface area contributed by atoms with Crippen LogP contribution in [0.4, 0.5) is 13.6 Å². The average Bonchev–Trinajstić information content (AvgIpc) is 3.36. The number of carbonyl (C=O) groups excluding carboxylic acids is 2. The van der Waals surface area contributed by atoms with Crippen molar-refractivity contribution in [2.75, 3.05) is 18.1 Å². The van der Waals surface area contributed by atoms with Crippen LogP contribution in [0.5, 0.6) is 5.75 Å². The predicted molar refractivity (Wildman–Crippen MR) is 113 cm³/mol. The molecular weight excluding hydrogens is 450 g/mol. The van der Waals surface area contributed by atoms with Gasteiger partial charge >= 0.3 is 12.6 Å². The van der Waals surface area contributed by atoms with Crippen LogP contribution >= 0.6 is 23.1 Å². The monoisotopic (exact) mass is 468 g/mol. The third-order valence-corrected chi connectivity index (χ3v) is 5.70. The number of carbonyl (C=O) groups is 2. The molecule has 164 valence electrons. The molecule has 0 spiro atoms. The number of benzene rings is 1. The van der Waals surface area contributed by atoms with Crippen molar-refractivity contribution in [1.29, 1.82) is 0 Å². The second-order valence-electron chi connectivity index (χ2n) is 6.00. The van der Waals surface area contributed by atoms with E-state index in [2.05, 4.69) is 25.6 Å². The summed E-state index contributed by atoms with van der Waals surface area (Å²) in [6.07, 6.45) is 0.683. The molecule has 0 radical (unpaired) electrons. The van der Waals surface area contributed by atoms with Crippen molar-refractivity contribution in [1.82, 2.24) is 25.5 Å². The number of rotatable bonds is 9. The van der Waals surface area contributed by atoms with E-state index in [4.69, 9.17) is 5.84 Å². The summed E-state index contributed by atoms with van der Waals surface area (Å²) in [5, 5.41) is 14.9. The fourth-order valence-corrected chi connectivity index (χ4v) is 3.81. The summed E-state index contributed by atoms with van der Waals surface area (Å²) in [5.74, 6) is 5.62. The quantitative estimate of drug-likeness (QED) is 0.326. The first-order valence-electron chi connectivity index (χ1n) is 8.91. The molecule has 3 amide bonds. The number of ether oxygens (including phenoxy) is 1. The van der Waals surface area contributed by atoms with Crippen LogP contribution in [0.2, 0.25) is 0 Å². The van der Waals surface area contributed by atoms with Crippen molar-refractivity contribution in [2.45, 2.75) is 18.2 Å². The van der Waals surface area contributed by atoms with Crippen LogP contribution in [-0.2, 0) is 11.2 Å². The predicted octanol–water partition coefficient (Wildman–Crippen LogP) is 2.48. The van der Waals surface area contributed by atoms with Crippen LogP contribution in [0.3, 0.4) is 0 Å². The summed E-state index contributed by atoms with van der Waals surface area (Å²) >= 11 is 2.59. The Morgan fingerprint density at radius 1 is 1.23 bits per heavy atom. The SMILES string of the molecule is Nn1c(SCC(=O)NC(=O)NCCc2cccs2)nnc1-c1ccc(OC(F)F)cc1. The van der Waals surface area contributed by atoms with Crippen LogP contribution in [0.15, 0.2) is 46.9 Å². The van der Waals surface area contributed by atoms with Gasteiger partial charge in [-0.3, -0.25) is 10.1 Å². The first-order chi connectivity index (χ1) is 14.9. The third-order valence-electron chi connectivity index (χ3n) is 3.82. The summed E-state index contributed by atoms with van der Waals surface area (Å²) in [6, 6.07) is 9.04. The fourth-order valence-electron chi connectivity index (χ4n) is 2.45. The van der Waals surface area contributed by atoms with Gasteiger partial charge in [-0.05, 0) is 42.1 Å². The summed E-state index contributed by atoms with van der Waals surface area (Å²) in [5.41, 5.74) is 0.526. The van der Waals surface area contributed by atoms with Gasteiger partial charge in [-0.25, -0.2) is 9.47 Å². The number of halogens is 2. The Hall–Kier alpha value is -3.19. The molecule has 0 saturated carbocycles. The molecule has 0 atom stereocenters. The van der Waals surface area contributed by atoms with E-state index in [9.17, 15) is 18.4 Å². The smallest absolute Gasteiger partial charge is 0.387 e. The zero-order valence-corrected chi connectivity index (χ0v) is 17.6.